The number of nitrogens with one attached hydrogen (secondary N) is 1. The monoisotopic (exact) mass is 357 g/mol. The molecular formula is C20H23NO5. The van der Waals surface area contributed by atoms with Gasteiger partial charge in [-0.2, -0.15) is 0 Å². The van der Waals surface area contributed by atoms with E-state index in [0.29, 0.717) is 23.7 Å². The highest BCUT2D eigenvalue weighted by Gasteiger charge is 2.22. The highest BCUT2D eigenvalue weighted by atomic mass is 16.5. The first kappa shape index (κ1) is 19.3. The molecule has 138 valence electrons. The average molecular weight is 357 g/mol. The van der Waals surface area contributed by atoms with E-state index in [2.05, 4.69) is 5.32 Å². The van der Waals surface area contributed by atoms with Gasteiger partial charge in [0.2, 0.25) is 5.91 Å². The van der Waals surface area contributed by atoms with Crippen molar-refractivity contribution in [3.8, 4) is 11.5 Å². The van der Waals surface area contributed by atoms with Crippen LogP contribution in [0.3, 0.4) is 0 Å². The molecule has 6 heteroatoms. The number of carboxylic acid groups (broad SMARTS) is 1. The van der Waals surface area contributed by atoms with Crippen LogP contribution in [-0.4, -0.2) is 30.7 Å². The minimum absolute atomic E-state index is 0.0727. The Balaban J connectivity index is 2.04. The van der Waals surface area contributed by atoms with Crippen molar-refractivity contribution in [1.82, 2.24) is 5.32 Å². The highest BCUT2D eigenvalue weighted by Crippen LogP contribution is 2.19. The van der Waals surface area contributed by atoms with Gasteiger partial charge < -0.3 is 19.9 Å². The van der Waals surface area contributed by atoms with E-state index < -0.39 is 12.0 Å². The summed E-state index contributed by atoms with van der Waals surface area (Å²) in [6.07, 6.45) is 0.968. The molecule has 2 aromatic rings. The minimum atomic E-state index is -1.12. The van der Waals surface area contributed by atoms with Crippen molar-refractivity contribution in [2.24, 2.45) is 0 Å². The smallest absolute Gasteiger partial charge is 0.330 e. The molecule has 6 nitrogen and oxygen atoms in total. The van der Waals surface area contributed by atoms with Crippen molar-refractivity contribution < 1.29 is 24.2 Å². The van der Waals surface area contributed by atoms with Gasteiger partial charge in [0.25, 0.3) is 0 Å². The summed E-state index contributed by atoms with van der Waals surface area (Å²) in [4.78, 5) is 23.9. The first-order valence-corrected chi connectivity index (χ1v) is 8.41. The van der Waals surface area contributed by atoms with E-state index in [9.17, 15) is 14.7 Å². The molecule has 0 saturated heterocycles. The zero-order valence-corrected chi connectivity index (χ0v) is 14.9. The number of hydrogen-bond acceptors (Lipinski definition) is 4. The second-order valence-electron chi connectivity index (χ2n) is 5.78. The van der Waals surface area contributed by atoms with Gasteiger partial charge in [-0.15, -0.1) is 0 Å². The van der Waals surface area contributed by atoms with E-state index in [1.54, 1.807) is 30.3 Å². The third-order valence-electron chi connectivity index (χ3n) is 3.74. The number of carbonyl (C=O) groups is 2. The summed E-state index contributed by atoms with van der Waals surface area (Å²) in [5.74, 6) is -0.181. The van der Waals surface area contributed by atoms with Crippen molar-refractivity contribution in [1.29, 1.82) is 0 Å². The zero-order chi connectivity index (χ0) is 18.9. The maximum absolute atomic E-state index is 12.3. The molecule has 0 fully saturated rings. The fourth-order valence-corrected chi connectivity index (χ4v) is 2.45. The van der Waals surface area contributed by atoms with Gasteiger partial charge in [0.05, 0.1) is 20.1 Å². The molecule has 0 aliphatic heterocycles. The van der Waals surface area contributed by atoms with Gasteiger partial charge in [-0.25, -0.2) is 4.79 Å². The molecule has 0 bridgehead atoms. The number of ether oxygens (including phenoxy) is 2. The molecule has 0 spiro atoms. The Hall–Kier alpha value is -3.02. The van der Waals surface area contributed by atoms with Gasteiger partial charge in [0, 0.05) is 0 Å². The van der Waals surface area contributed by atoms with Crippen LogP contribution in [0, 0.1) is 0 Å². The molecule has 2 aromatic carbocycles. The van der Waals surface area contributed by atoms with Crippen LogP contribution in [0.25, 0.3) is 0 Å². The van der Waals surface area contributed by atoms with Gasteiger partial charge >= 0.3 is 5.97 Å². The Morgan fingerprint density at radius 3 is 2.46 bits per heavy atom. The molecule has 1 unspecified atom stereocenters. The van der Waals surface area contributed by atoms with Crippen molar-refractivity contribution in [3.05, 3.63) is 59.7 Å². The normalized spacial score (nSPS) is 11.5. The number of benzene rings is 2. The van der Waals surface area contributed by atoms with Crippen LogP contribution in [-0.2, 0) is 16.0 Å². The van der Waals surface area contributed by atoms with E-state index in [-0.39, 0.29) is 12.3 Å². The number of methoxy groups -OCH3 is 1. The SMILES string of the molecule is CCCOc1cccc(CC(=O)NC(C(=O)O)c2ccc(OC)cc2)c1. The van der Waals surface area contributed by atoms with Crippen molar-refractivity contribution >= 4 is 11.9 Å². The number of aliphatic carboxylic acids is 1. The van der Waals surface area contributed by atoms with E-state index in [1.807, 2.05) is 25.1 Å². The summed E-state index contributed by atoms with van der Waals surface area (Å²) in [6, 6.07) is 12.7. The van der Waals surface area contributed by atoms with Gasteiger partial charge in [-0.05, 0) is 41.8 Å². The van der Waals surface area contributed by atoms with Crippen LogP contribution in [0.1, 0.15) is 30.5 Å². The number of carbonyl (C=O) groups excluding carboxylic acids is 1. The lowest BCUT2D eigenvalue weighted by Crippen LogP contribution is -2.34. The summed E-state index contributed by atoms with van der Waals surface area (Å²) in [6.45, 7) is 2.62. The Labute approximate surface area is 152 Å². The van der Waals surface area contributed by atoms with Crippen LogP contribution >= 0.6 is 0 Å². The van der Waals surface area contributed by atoms with Crippen LogP contribution in [0.4, 0.5) is 0 Å². The van der Waals surface area contributed by atoms with Crippen molar-refractivity contribution in [2.45, 2.75) is 25.8 Å². The second-order valence-corrected chi connectivity index (χ2v) is 5.78. The lowest BCUT2D eigenvalue weighted by Gasteiger charge is -2.15. The van der Waals surface area contributed by atoms with E-state index >= 15 is 0 Å². The van der Waals surface area contributed by atoms with Crippen LogP contribution in [0.15, 0.2) is 48.5 Å². The molecule has 0 radical (unpaired) electrons. The predicted molar refractivity (Wildman–Crippen MR) is 97.4 cm³/mol. The van der Waals surface area contributed by atoms with E-state index in [4.69, 9.17) is 9.47 Å². The van der Waals surface area contributed by atoms with Gasteiger partial charge in [0.15, 0.2) is 6.04 Å². The summed E-state index contributed by atoms with van der Waals surface area (Å²) < 4.78 is 10.6. The Kier molecular flexibility index (Phi) is 7.02. The second kappa shape index (κ2) is 9.46. The molecule has 0 heterocycles. The molecule has 26 heavy (non-hydrogen) atoms. The van der Waals surface area contributed by atoms with Crippen molar-refractivity contribution in [3.63, 3.8) is 0 Å². The largest absolute Gasteiger partial charge is 0.497 e. The average Bonchev–Trinajstić information content (AvgIpc) is 2.64. The molecule has 2 rings (SSSR count). The number of rotatable bonds is 9. The summed E-state index contributed by atoms with van der Waals surface area (Å²) in [7, 11) is 1.53. The Morgan fingerprint density at radius 1 is 1.12 bits per heavy atom. The molecule has 0 aliphatic carbocycles. The number of hydrogen-bond donors (Lipinski definition) is 2. The predicted octanol–water partition coefficient (Wildman–Crippen LogP) is 2.97. The van der Waals surface area contributed by atoms with Gasteiger partial charge in [-0.1, -0.05) is 31.2 Å². The Bertz CT molecular complexity index is 742. The molecule has 1 atom stereocenters. The number of carboxylic acids is 1. The summed E-state index contributed by atoms with van der Waals surface area (Å²) >= 11 is 0. The minimum Gasteiger partial charge on any atom is -0.497 e. The van der Waals surface area contributed by atoms with Crippen molar-refractivity contribution in [2.75, 3.05) is 13.7 Å². The fourth-order valence-electron chi connectivity index (χ4n) is 2.45. The maximum Gasteiger partial charge on any atom is 0.330 e. The van der Waals surface area contributed by atoms with Crippen LogP contribution in [0.5, 0.6) is 11.5 Å². The first-order valence-electron chi connectivity index (χ1n) is 8.41. The molecule has 0 saturated carbocycles. The molecular weight excluding hydrogens is 334 g/mol. The fraction of sp³-hybridized carbons (Fsp3) is 0.300. The zero-order valence-electron chi connectivity index (χ0n) is 14.9. The van der Waals surface area contributed by atoms with E-state index in [0.717, 1.165) is 12.0 Å². The highest BCUT2D eigenvalue weighted by molar-refractivity contribution is 5.85. The number of amides is 1. The summed E-state index contributed by atoms with van der Waals surface area (Å²) in [5.41, 5.74) is 1.24. The third kappa shape index (κ3) is 5.51. The molecule has 1 amide bonds. The standard InChI is InChI=1S/C20H23NO5/c1-3-11-26-17-6-4-5-14(12-17)13-18(22)21-19(20(23)24)15-7-9-16(25-2)10-8-15/h4-10,12,19H,3,11,13H2,1-2H3,(H,21,22)(H,23,24). The van der Waals surface area contributed by atoms with Crippen LogP contribution < -0.4 is 14.8 Å². The van der Waals surface area contributed by atoms with Crippen LogP contribution in [0.2, 0.25) is 0 Å². The lowest BCUT2D eigenvalue weighted by atomic mass is 10.1. The summed E-state index contributed by atoms with van der Waals surface area (Å²) in [5, 5.41) is 12.0. The van der Waals surface area contributed by atoms with E-state index in [1.165, 1.54) is 7.11 Å². The quantitative estimate of drug-likeness (QED) is 0.721. The Morgan fingerprint density at radius 2 is 1.85 bits per heavy atom. The maximum atomic E-state index is 12.3. The molecule has 0 aromatic heterocycles. The first-order chi connectivity index (χ1) is 12.5. The lowest BCUT2D eigenvalue weighted by molar-refractivity contribution is -0.142. The third-order valence-corrected chi connectivity index (χ3v) is 3.74. The topological polar surface area (TPSA) is 84.9 Å². The molecule has 2 N–H and O–H groups in total. The molecule has 0 aliphatic rings. The van der Waals surface area contributed by atoms with Gasteiger partial charge in [0.1, 0.15) is 11.5 Å². The van der Waals surface area contributed by atoms with Gasteiger partial charge in [-0.3, -0.25) is 4.79 Å².